The summed E-state index contributed by atoms with van der Waals surface area (Å²) in [7, 11) is 0. The first-order valence-corrected chi connectivity index (χ1v) is 8.49. The fourth-order valence-electron chi connectivity index (χ4n) is 3.54. The summed E-state index contributed by atoms with van der Waals surface area (Å²) in [6, 6.07) is 3.82. The first-order chi connectivity index (χ1) is 11.4. The van der Waals surface area contributed by atoms with Gasteiger partial charge < -0.3 is 14.5 Å². The maximum Gasteiger partial charge on any atom is 0.255 e. The number of aryl methyl sites for hydroxylation is 1. The van der Waals surface area contributed by atoms with Gasteiger partial charge in [0.05, 0.1) is 12.2 Å². The standard InChI is InChI=1S/C18H25N3O3/c1-13(2)21-11-18(12-24-9-16(21)22)6-7-20(10-18)17(23)15-5-4-14(3)19-8-15/h4-5,8,13H,6-7,9-12H2,1-3H3. The van der Waals surface area contributed by atoms with Crippen molar-refractivity contribution >= 4 is 11.8 Å². The first-order valence-electron chi connectivity index (χ1n) is 8.49. The number of hydrogen-bond donors (Lipinski definition) is 0. The van der Waals surface area contributed by atoms with Crippen molar-refractivity contribution in [2.75, 3.05) is 32.8 Å². The minimum absolute atomic E-state index is 0.00560. The van der Waals surface area contributed by atoms with Crippen LogP contribution in [0.15, 0.2) is 18.3 Å². The minimum Gasteiger partial charge on any atom is -0.371 e. The van der Waals surface area contributed by atoms with E-state index in [2.05, 4.69) is 4.98 Å². The van der Waals surface area contributed by atoms with Gasteiger partial charge in [0.15, 0.2) is 0 Å². The molecule has 0 N–H and O–H groups in total. The number of aromatic nitrogens is 1. The molecule has 1 aromatic rings. The molecule has 1 unspecified atom stereocenters. The predicted molar refractivity (Wildman–Crippen MR) is 89.6 cm³/mol. The zero-order chi connectivity index (χ0) is 17.3. The van der Waals surface area contributed by atoms with Crippen molar-refractivity contribution in [1.29, 1.82) is 0 Å². The summed E-state index contributed by atoms with van der Waals surface area (Å²) in [5.74, 6) is 0.0421. The van der Waals surface area contributed by atoms with Crippen molar-refractivity contribution in [3.8, 4) is 0 Å². The Hall–Kier alpha value is -1.95. The van der Waals surface area contributed by atoms with Gasteiger partial charge in [0.1, 0.15) is 6.61 Å². The second-order valence-electron chi connectivity index (χ2n) is 7.27. The molecule has 1 spiro atoms. The molecule has 24 heavy (non-hydrogen) atoms. The van der Waals surface area contributed by atoms with Gasteiger partial charge in [0, 0.05) is 43.0 Å². The van der Waals surface area contributed by atoms with Crippen LogP contribution < -0.4 is 0 Å². The maximum absolute atomic E-state index is 12.7. The lowest BCUT2D eigenvalue weighted by molar-refractivity contribution is -0.135. The molecule has 0 radical (unpaired) electrons. The highest BCUT2D eigenvalue weighted by Crippen LogP contribution is 2.34. The van der Waals surface area contributed by atoms with E-state index in [1.54, 1.807) is 6.20 Å². The molecule has 0 aliphatic carbocycles. The van der Waals surface area contributed by atoms with E-state index in [1.807, 2.05) is 42.7 Å². The second-order valence-corrected chi connectivity index (χ2v) is 7.27. The van der Waals surface area contributed by atoms with Crippen LogP contribution in [0.5, 0.6) is 0 Å². The van der Waals surface area contributed by atoms with Crippen LogP contribution in [0, 0.1) is 12.3 Å². The number of carbonyl (C=O) groups excluding carboxylic acids is 2. The van der Waals surface area contributed by atoms with E-state index in [0.717, 1.165) is 12.1 Å². The van der Waals surface area contributed by atoms with E-state index < -0.39 is 0 Å². The van der Waals surface area contributed by atoms with Gasteiger partial charge in [-0.3, -0.25) is 14.6 Å². The van der Waals surface area contributed by atoms with E-state index in [9.17, 15) is 9.59 Å². The molecule has 6 nitrogen and oxygen atoms in total. The van der Waals surface area contributed by atoms with Crippen molar-refractivity contribution in [2.24, 2.45) is 5.41 Å². The number of likely N-dealkylation sites (tertiary alicyclic amines) is 1. The smallest absolute Gasteiger partial charge is 0.255 e. The Bertz CT molecular complexity index is 629. The van der Waals surface area contributed by atoms with Gasteiger partial charge in [-0.05, 0) is 39.3 Å². The van der Waals surface area contributed by atoms with Crippen LogP contribution in [0.25, 0.3) is 0 Å². The molecule has 0 bridgehead atoms. The summed E-state index contributed by atoms with van der Waals surface area (Å²) < 4.78 is 5.63. The topological polar surface area (TPSA) is 62.7 Å². The molecular formula is C18H25N3O3. The number of pyridine rings is 1. The lowest BCUT2D eigenvalue weighted by atomic mass is 9.87. The van der Waals surface area contributed by atoms with Crippen LogP contribution in [-0.4, -0.2) is 65.5 Å². The Labute approximate surface area is 142 Å². The normalized spacial score (nSPS) is 24.8. The van der Waals surface area contributed by atoms with Crippen molar-refractivity contribution in [3.63, 3.8) is 0 Å². The fourth-order valence-corrected chi connectivity index (χ4v) is 3.54. The van der Waals surface area contributed by atoms with E-state index in [4.69, 9.17) is 4.74 Å². The van der Waals surface area contributed by atoms with E-state index in [1.165, 1.54) is 0 Å². The molecule has 2 saturated heterocycles. The zero-order valence-corrected chi connectivity index (χ0v) is 14.6. The van der Waals surface area contributed by atoms with Crippen molar-refractivity contribution in [2.45, 2.75) is 33.2 Å². The number of hydrogen-bond acceptors (Lipinski definition) is 4. The van der Waals surface area contributed by atoms with Crippen LogP contribution in [0.2, 0.25) is 0 Å². The number of rotatable bonds is 2. The average molecular weight is 331 g/mol. The lowest BCUT2D eigenvalue weighted by Gasteiger charge is -2.34. The highest BCUT2D eigenvalue weighted by molar-refractivity contribution is 5.94. The molecule has 0 aromatic carbocycles. The third-order valence-corrected chi connectivity index (χ3v) is 4.97. The lowest BCUT2D eigenvalue weighted by Crippen LogP contribution is -2.46. The predicted octanol–water partition coefficient (Wildman–Crippen LogP) is 1.49. The minimum atomic E-state index is -0.162. The summed E-state index contributed by atoms with van der Waals surface area (Å²) in [6.07, 6.45) is 2.49. The Balaban J connectivity index is 1.74. The SMILES string of the molecule is Cc1ccc(C(=O)N2CCC3(COCC(=O)N(C(C)C)C3)C2)cn1. The molecule has 2 aliphatic rings. The quantitative estimate of drug-likeness (QED) is 0.824. The monoisotopic (exact) mass is 331 g/mol. The summed E-state index contributed by atoms with van der Waals surface area (Å²) in [4.78, 5) is 32.9. The van der Waals surface area contributed by atoms with Gasteiger partial charge in [-0.2, -0.15) is 0 Å². The summed E-state index contributed by atoms with van der Waals surface area (Å²) in [5, 5.41) is 0. The zero-order valence-electron chi connectivity index (χ0n) is 14.6. The molecule has 130 valence electrons. The van der Waals surface area contributed by atoms with Crippen LogP contribution in [0.1, 0.15) is 36.3 Å². The van der Waals surface area contributed by atoms with Crippen molar-refractivity contribution in [3.05, 3.63) is 29.6 Å². The molecule has 3 heterocycles. The molecule has 2 fully saturated rings. The number of nitrogens with zero attached hydrogens (tertiary/aromatic N) is 3. The van der Waals surface area contributed by atoms with E-state index in [0.29, 0.717) is 31.8 Å². The van der Waals surface area contributed by atoms with Crippen molar-refractivity contribution in [1.82, 2.24) is 14.8 Å². The average Bonchev–Trinajstić information content (AvgIpc) is 2.88. The second kappa shape index (κ2) is 6.51. The summed E-state index contributed by atoms with van der Waals surface area (Å²) >= 11 is 0. The van der Waals surface area contributed by atoms with Gasteiger partial charge in [-0.25, -0.2) is 0 Å². The molecular weight excluding hydrogens is 306 g/mol. The van der Waals surface area contributed by atoms with Crippen LogP contribution in [0.3, 0.4) is 0 Å². The number of carbonyl (C=O) groups is 2. The molecule has 6 heteroatoms. The number of ether oxygens (including phenoxy) is 1. The Morgan fingerprint density at radius 2 is 2.12 bits per heavy atom. The van der Waals surface area contributed by atoms with Gasteiger partial charge in [0.25, 0.3) is 5.91 Å². The highest BCUT2D eigenvalue weighted by Gasteiger charge is 2.44. The van der Waals surface area contributed by atoms with Gasteiger partial charge in [0.2, 0.25) is 5.91 Å². The molecule has 3 rings (SSSR count). The van der Waals surface area contributed by atoms with Gasteiger partial charge >= 0.3 is 0 Å². The molecule has 2 aliphatic heterocycles. The van der Waals surface area contributed by atoms with Crippen LogP contribution in [0.4, 0.5) is 0 Å². The highest BCUT2D eigenvalue weighted by atomic mass is 16.5. The van der Waals surface area contributed by atoms with Gasteiger partial charge in [-0.1, -0.05) is 0 Å². The van der Waals surface area contributed by atoms with E-state index in [-0.39, 0.29) is 29.9 Å². The third-order valence-electron chi connectivity index (χ3n) is 4.97. The molecule has 0 saturated carbocycles. The van der Waals surface area contributed by atoms with Crippen LogP contribution in [-0.2, 0) is 9.53 Å². The van der Waals surface area contributed by atoms with E-state index >= 15 is 0 Å². The van der Waals surface area contributed by atoms with Crippen molar-refractivity contribution < 1.29 is 14.3 Å². The first kappa shape index (κ1) is 16.9. The fraction of sp³-hybridized carbons (Fsp3) is 0.611. The molecule has 1 aromatic heterocycles. The summed E-state index contributed by atoms with van der Waals surface area (Å²) in [6.45, 7) is 8.57. The van der Waals surface area contributed by atoms with Gasteiger partial charge in [-0.15, -0.1) is 0 Å². The summed E-state index contributed by atoms with van der Waals surface area (Å²) in [5.41, 5.74) is 1.35. The Kier molecular flexibility index (Phi) is 4.58. The maximum atomic E-state index is 12.7. The Morgan fingerprint density at radius 1 is 1.33 bits per heavy atom. The molecule has 2 amide bonds. The Morgan fingerprint density at radius 3 is 2.79 bits per heavy atom. The molecule has 1 atom stereocenters. The largest absolute Gasteiger partial charge is 0.371 e. The third kappa shape index (κ3) is 3.29. The van der Waals surface area contributed by atoms with Crippen LogP contribution >= 0.6 is 0 Å². The number of amides is 2.